The van der Waals surface area contributed by atoms with Crippen molar-refractivity contribution >= 4 is 11.6 Å². The molecule has 0 bridgehead atoms. The summed E-state index contributed by atoms with van der Waals surface area (Å²) >= 11 is 0. The quantitative estimate of drug-likeness (QED) is 0.847. The zero-order valence-electron chi connectivity index (χ0n) is 14.1. The monoisotopic (exact) mass is 326 g/mol. The van der Waals surface area contributed by atoms with Crippen LogP contribution in [-0.4, -0.2) is 44.7 Å². The van der Waals surface area contributed by atoms with Crippen LogP contribution in [0, 0.1) is 0 Å². The van der Waals surface area contributed by atoms with Gasteiger partial charge in [0.2, 0.25) is 5.91 Å². The van der Waals surface area contributed by atoms with Crippen LogP contribution in [0.2, 0.25) is 0 Å². The van der Waals surface area contributed by atoms with Crippen molar-refractivity contribution in [1.29, 1.82) is 0 Å². The first-order valence-corrected chi connectivity index (χ1v) is 8.02. The average Bonchev–Trinajstić information content (AvgIpc) is 2.61. The predicted octanol–water partition coefficient (Wildman–Crippen LogP) is 2.55. The van der Waals surface area contributed by atoms with Crippen molar-refractivity contribution in [2.45, 2.75) is 6.54 Å². The van der Waals surface area contributed by atoms with Gasteiger partial charge >= 0.3 is 0 Å². The number of rotatable bonds is 5. The highest BCUT2D eigenvalue weighted by molar-refractivity contribution is 5.94. The molecule has 3 rings (SSSR count). The molecule has 1 aliphatic heterocycles. The molecular weight excluding hydrogens is 304 g/mol. The Morgan fingerprint density at radius 3 is 2.46 bits per heavy atom. The lowest BCUT2D eigenvalue weighted by Gasteiger charge is -2.23. The van der Waals surface area contributed by atoms with Crippen LogP contribution in [0.5, 0.6) is 11.5 Å². The fourth-order valence-electron chi connectivity index (χ4n) is 2.69. The highest BCUT2D eigenvalue weighted by Gasteiger charge is 2.15. The van der Waals surface area contributed by atoms with Crippen molar-refractivity contribution < 1.29 is 14.3 Å². The van der Waals surface area contributed by atoms with Gasteiger partial charge in [0.1, 0.15) is 13.2 Å². The number of carbonyl (C=O) groups is 1. The van der Waals surface area contributed by atoms with Crippen LogP contribution in [0.3, 0.4) is 0 Å². The number of benzene rings is 2. The Kier molecular flexibility index (Phi) is 5.01. The highest BCUT2D eigenvalue weighted by atomic mass is 16.6. The van der Waals surface area contributed by atoms with Crippen molar-refractivity contribution in [3.8, 4) is 11.5 Å². The van der Waals surface area contributed by atoms with E-state index >= 15 is 0 Å². The minimum atomic E-state index is 0.0567. The second-order valence-electron chi connectivity index (χ2n) is 5.94. The number of amides is 1. The molecule has 24 heavy (non-hydrogen) atoms. The van der Waals surface area contributed by atoms with Crippen LogP contribution >= 0.6 is 0 Å². The number of ether oxygens (including phenoxy) is 2. The first-order valence-electron chi connectivity index (χ1n) is 8.02. The number of hydrogen-bond acceptors (Lipinski definition) is 4. The number of anilines is 1. The Labute approximate surface area is 142 Å². The molecule has 0 unspecified atom stereocenters. The molecule has 0 aromatic heterocycles. The van der Waals surface area contributed by atoms with Gasteiger partial charge in [-0.1, -0.05) is 24.3 Å². The third-order valence-electron chi connectivity index (χ3n) is 3.98. The lowest BCUT2D eigenvalue weighted by Crippen LogP contribution is -2.36. The summed E-state index contributed by atoms with van der Waals surface area (Å²) < 4.78 is 11.1. The van der Waals surface area contributed by atoms with E-state index in [1.165, 1.54) is 0 Å². The zero-order chi connectivity index (χ0) is 16.9. The lowest BCUT2D eigenvalue weighted by molar-refractivity contribution is -0.119. The topological polar surface area (TPSA) is 42.0 Å². The van der Waals surface area contributed by atoms with E-state index in [-0.39, 0.29) is 5.91 Å². The maximum atomic E-state index is 12.4. The zero-order valence-corrected chi connectivity index (χ0v) is 14.1. The van der Waals surface area contributed by atoms with Gasteiger partial charge in [-0.05, 0) is 36.9 Å². The molecule has 0 saturated heterocycles. The minimum absolute atomic E-state index is 0.0567. The molecule has 2 aromatic carbocycles. The van der Waals surface area contributed by atoms with Crippen molar-refractivity contribution in [3.05, 3.63) is 54.1 Å². The molecule has 1 amide bonds. The molecule has 0 fully saturated rings. The predicted molar refractivity (Wildman–Crippen MR) is 93.6 cm³/mol. The molecule has 1 aliphatic rings. The van der Waals surface area contributed by atoms with Gasteiger partial charge in [0, 0.05) is 19.3 Å². The van der Waals surface area contributed by atoms with E-state index in [1.807, 2.05) is 60.5 Å². The van der Waals surface area contributed by atoms with Crippen LogP contribution in [-0.2, 0) is 11.3 Å². The van der Waals surface area contributed by atoms with Crippen LogP contribution < -0.4 is 14.4 Å². The van der Waals surface area contributed by atoms with E-state index in [9.17, 15) is 4.79 Å². The summed E-state index contributed by atoms with van der Waals surface area (Å²) in [5, 5.41) is 0. The Bertz CT molecular complexity index is 703. The van der Waals surface area contributed by atoms with Gasteiger partial charge in [0.25, 0.3) is 0 Å². The van der Waals surface area contributed by atoms with Gasteiger partial charge in [0.05, 0.1) is 6.54 Å². The number of hydrogen-bond donors (Lipinski definition) is 0. The van der Waals surface area contributed by atoms with E-state index in [1.54, 1.807) is 11.9 Å². The molecule has 0 atom stereocenters. The third-order valence-corrected chi connectivity index (χ3v) is 3.98. The van der Waals surface area contributed by atoms with Gasteiger partial charge in [-0.25, -0.2) is 0 Å². The summed E-state index contributed by atoms with van der Waals surface area (Å²) in [6.07, 6.45) is 0. The van der Waals surface area contributed by atoms with Crippen LogP contribution in [0.4, 0.5) is 5.69 Å². The summed E-state index contributed by atoms with van der Waals surface area (Å²) in [7, 11) is 3.74. The lowest BCUT2D eigenvalue weighted by atomic mass is 10.2. The molecule has 126 valence electrons. The third kappa shape index (κ3) is 3.86. The van der Waals surface area contributed by atoms with Gasteiger partial charge in [-0.15, -0.1) is 0 Å². The van der Waals surface area contributed by atoms with E-state index in [2.05, 4.69) is 0 Å². The Morgan fingerprint density at radius 1 is 1.00 bits per heavy atom. The molecule has 5 nitrogen and oxygen atoms in total. The summed E-state index contributed by atoms with van der Waals surface area (Å²) in [5.74, 6) is 1.62. The van der Waals surface area contributed by atoms with Gasteiger partial charge in [0.15, 0.2) is 11.5 Å². The van der Waals surface area contributed by atoms with Crippen LogP contribution in [0.15, 0.2) is 48.5 Å². The van der Waals surface area contributed by atoms with E-state index in [4.69, 9.17) is 9.47 Å². The molecule has 0 saturated carbocycles. The number of likely N-dealkylation sites (N-methyl/N-ethyl adjacent to an activating group) is 2. The van der Waals surface area contributed by atoms with E-state index < -0.39 is 0 Å². The second kappa shape index (κ2) is 7.36. The average molecular weight is 326 g/mol. The van der Waals surface area contributed by atoms with Crippen molar-refractivity contribution in [2.75, 3.05) is 38.8 Å². The summed E-state index contributed by atoms with van der Waals surface area (Å²) in [5.41, 5.74) is 1.99. The first-order chi connectivity index (χ1) is 11.6. The maximum absolute atomic E-state index is 12.4. The number of carbonyl (C=O) groups excluding carboxylic acids is 1. The molecule has 0 radical (unpaired) electrons. The molecule has 2 aromatic rings. The summed E-state index contributed by atoms with van der Waals surface area (Å²) in [4.78, 5) is 16.1. The summed E-state index contributed by atoms with van der Waals surface area (Å²) in [6, 6.07) is 15.6. The standard InChI is InChI=1S/C19H22N2O3/c1-20(14-19(22)21(2)16-6-4-3-5-7-16)13-15-8-9-17-18(12-15)24-11-10-23-17/h3-9,12H,10-11,13-14H2,1-2H3. The van der Waals surface area contributed by atoms with Gasteiger partial charge in [-0.2, -0.15) is 0 Å². The Hall–Kier alpha value is -2.53. The van der Waals surface area contributed by atoms with Crippen LogP contribution in [0.25, 0.3) is 0 Å². The van der Waals surface area contributed by atoms with E-state index in [0.717, 1.165) is 22.7 Å². The smallest absolute Gasteiger partial charge is 0.240 e. The summed E-state index contributed by atoms with van der Waals surface area (Å²) in [6.45, 7) is 2.18. The maximum Gasteiger partial charge on any atom is 0.240 e. The Balaban J connectivity index is 1.59. The number of nitrogens with zero attached hydrogens (tertiary/aromatic N) is 2. The van der Waals surface area contributed by atoms with Crippen molar-refractivity contribution in [1.82, 2.24) is 4.90 Å². The normalized spacial score (nSPS) is 13.0. The van der Waals surface area contributed by atoms with Crippen molar-refractivity contribution in [3.63, 3.8) is 0 Å². The number of para-hydroxylation sites is 1. The van der Waals surface area contributed by atoms with Crippen LogP contribution in [0.1, 0.15) is 5.56 Å². The fourth-order valence-corrected chi connectivity index (χ4v) is 2.69. The van der Waals surface area contributed by atoms with Crippen molar-refractivity contribution in [2.24, 2.45) is 0 Å². The van der Waals surface area contributed by atoms with Gasteiger partial charge in [-0.3, -0.25) is 9.69 Å². The number of fused-ring (bicyclic) bond motifs is 1. The van der Waals surface area contributed by atoms with Gasteiger partial charge < -0.3 is 14.4 Å². The fraction of sp³-hybridized carbons (Fsp3) is 0.316. The molecule has 0 N–H and O–H groups in total. The molecule has 1 heterocycles. The van der Waals surface area contributed by atoms with E-state index in [0.29, 0.717) is 26.3 Å². The largest absolute Gasteiger partial charge is 0.486 e. The minimum Gasteiger partial charge on any atom is -0.486 e. The molecule has 5 heteroatoms. The first kappa shape index (κ1) is 16.3. The SMILES string of the molecule is CN(CC(=O)N(C)c1ccccc1)Cc1ccc2c(c1)OCCO2. The molecule has 0 aliphatic carbocycles. The second-order valence-corrected chi connectivity index (χ2v) is 5.94. The molecular formula is C19H22N2O3. The molecule has 0 spiro atoms. The Morgan fingerprint density at radius 2 is 1.71 bits per heavy atom. The highest BCUT2D eigenvalue weighted by Crippen LogP contribution is 2.31.